The fourth-order valence-corrected chi connectivity index (χ4v) is 3.09. The molecule has 0 bridgehead atoms. The van der Waals surface area contributed by atoms with E-state index in [-0.39, 0.29) is 29.2 Å². The van der Waals surface area contributed by atoms with E-state index in [9.17, 15) is 17.6 Å². The number of carbonyl (C=O) groups is 1. The molecule has 0 aliphatic rings. The van der Waals surface area contributed by atoms with Gasteiger partial charge in [0.15, 0.2) is 0 Å². The highest BCUT2D eigenvalue weighted by Crippen LogP contribution is 2.13. The van der Waals surface area contributed by atoms with Crippen molar-refractivity contribution < 1.29 is 22.3 Å². The number of sulfonamides is 1. The standard InChI is InChI=1S/C16H16FNO4S/c1-22-16(19)13-6-4-7-14(11-13)23(20,21)18-10-9-12-5-2-3-8-15(12)17/h2-8,11,18H,9-10H2,1H3. The number of hydrogen-bond acceptors (Lipinski definition) is 4. The van der Waals surface area contributed by atoms with Crippen LogP contribution in [0.2, 0.25) is 0 Å². The number of rotatable bonds is 6. The first-order chi connectivity index (χ1) is 10.9. The monoisotopic (exact) mass is 337 g/mol. The Morgan fingerprint density at radius 1 is 1.17 bits per heavy atom. The minimum atomic E-state index is -3.79. The third-order valence-electron chi connectivity index (χ3n) is 3.21. The van der Waals surface area contributed by atoms with Crippen molar-refractivity contribution in [1.82, 2.24) is 4.72 Å². The van der Waals surface area contributed by atoms with Gasteiger partial charge in [0.2, 0.25) is 10.0 Å². The first-order valence-electron chi connectivity index (χ1n) is 6.85. The van der Waals surface area contributed by atoms with Gasteiger partial charge in [-0.2, -0.15) is 0 Å². The Hall–Kier alpha value is -2.25. The zero-order valence-corrected chi connectivity index (χ0v) is 13.3. The topological polar surface area (TPSA) is 72.5 Å². The largest absolute Gasteiger partial charge is 0.465 e. The average molecular weight is 337 g/mol. The van der Waals surface area contributed by atoms with Crippen LogP contribution in [-0.4, -0.2) is 28.0 Å². The Kier molecular flexibility index (Phi) is 5.46. The molecular formula is C16H16FNO4S. The third kappa shape index (κ3) is 4.37. The molecule has 122 valence electrons. The number of methoxy groups -OCH3 is 1. The molecule has 0 spiro atoms. The van der Waals surface area contributed by atoms with Gasteiger partial charge in [0.1, 0.15) is 5.82 Å². The lowest BCUT2D eigenvalue weighted by Crippen LogP contribution is -2.26. The number of carbonyl (C=O) groups excluding carboxylic acids is 1. The lowest BCUT2D eigenvalue weighted by Gasteiger charge is -2.08. The van der Waals surface area contributed by atoms with Gasteiger partial charge in [0.25, 0.3) is 0 Å². The van der Waals surface area contributed by atoms with Crippen molar-refractivity contribution in [2.24, 2.45) is 0 Å². The van der Waals surface area contributed by atoms with Crippen molar-refractivity contribution in [2.45, 2.75) is 11.3 Å². The van der Waals surface area contributed by atoms with E-state index < -0.39 is 16.0 Å². The highest BCUT2D eigenvalue weighted by molar-refractivity contribution is 7.89. The van der Waals surface area contributed by atoms with Crippen molar-refractivity contribution in [1.29, 1.82) is 0 Å². The van der Waals surface area contributed by atoms with Crippen LogP contribution in [0, 0.1) is 5.82 Å². The van der Waals surface area contributed by atoms with Gasteiger partial charge in [0, 0.05) is 6.54 Å². The average Bonchev–Trinajstić information content (AvgIpc) is 2.56. The number of hydrogen-bond donors (Lipinski definition) is 1. The van der Waals surface area contributed by atoms with Crippen LogP contribution in [0.5, 0.6) is 0 Å². The lowest BCUT2D eigenvalue weighted by atomic mass is 10.1. The fourth-order valence-electron chi connectivity index (χ4n) is 2.01. The normalized spacial score (nSPS) is 11.2. The summed E-state index contributed by atoms with van der Waals surface area (Å²) in [5, 5.41) is 0. The van der Waals surface area contributed by atoms with Gasteiger partial charge >= 0.3 is 5.97 Å². The summed E-state index contributed by atoms with van der Waals surface area (Å²) >= 11 is 0. The molecule has 0 saturated heterocycles. The molecule has 0 heterocycles. The molecule has 1 N–H and O–H groups in total. The summed E-state index contributed by atoms with van der Waals surface area (Å²) in [5.41, 5.74) is 0.572. The summed E-state index contributed by atoms with van der Waals surface area (Å²) in [6.07, 6.45) is 0.225. The highest BCUT2D eigenvalue weighted by atomic mass is 32.2. The maximum absolute atomic E-state index is 13.5. The van der Waals surface area contributed by atoms with Gasteiger partial charge in [-0.1, -0.05) is 24.3 Å². The molecule has 0 unspecified atom stereocenters. The number of nitrogens with one attached hydrogen (secondary N) is 1. The summed E-state index contributed by atoms with van der Waals surface area (Å²) in [6, 6.07) is 11.7. The first kappa shape index (κ1) is 17.1. The van der Waals surface area contributed by atoms with Gasteiger partial charge in [-0.25, -0.2) is 22.3 Å². The van der Waals surface area contributed by atoms with Crippen LogP contribution in [0.3, 0.4) is 0 Å². The molecule has 5 nitrogen and oxygen atoms in total. The third-order valence-corrected chi connectivity index (χ3v) is 4.67. The second kappa shape index (κ2) is 7.34. The summed E-state index contributed by atoms with van der Waals surface area (Å²) in [7, 11) is -2.57. The van der Waals surface area contributed by atoms with Gasteiger partial charge in [0.05, 0.1) is 17.6 Å². The van der Waals surface area contributed by atoms with Crippen LogP contribution in [0.1, 0.15) is 15.9 Å². The Balaban J connectivity index is 2.07. The molecule has 7 heteroatoms. The highest BCUT2D eigenvalue weighted by Gasteiger charge is 2.16. The predicted octanol–water partition coefficient (Wildman–Crippen LogP) is 2.13. The summed E-state index contributed by atoms with van der Waals surface area (Å²) < 4.78 is 44.9. The maximum atomic E-state index is 13.5. The molecule has 0 aromatic heterocycles. The quantitative estimate of drug-likeness (QED) is 0.820. The van der Waals surface area contributed by atoms with Gasteiger partial charge in [-0.15, -0.1) is 0 Å². The van der Waals surface area contributed by atoms with Crippen LogP contribution in [-0.2, 0) is 21.2 Å². The predicted molar refractivity (Wildman–Crippen MR) is 83.1 cm³/mol. The lowest BCUT2D eigenvalue weighted by molar-refractivity contribution is 0.0600. The Labute approximate surface area is 134 Å². The summed E-state index contributed by atoms with van der Waals surface area (Å²) in [5.74, 6) is -0.993. The number of esters is 1. The smallest absolute Gasteiger partial charge is 0.337 e. The Bertz CT molecular complexity index is 805. The van der Waals surface area contributed by atoms with Crippen molar-refractivity contribution in [3.05, 3.63) is 65.5 Å². The number of benzene rings is 2. The summed E-state index contributed by atoms with van der Waals surface area (Å²) in [6.45, 7) is 0.0473. The molecular weight excluding hydrogens is 321 g/mol. The van der Waals surface area contributed by atoms with E-state index in [0.717, 1.165) is 0 Å². The second-order valence-corrected chi connectivity index (χ2v) is 6.53. The Morgan fingerprint density at radius 2 is 1.91 bits per heavy atom. The van der Waals surface area contributed by atoms with Crippen LogP contribution in [0.15, 0.2) is 53.4 Å². The SMILES string of the molecule is COC(=O)c1cccc(S(=O)(=O)NCCc2ccccc2F)c1. The van der Waals surface area contributed by atoms with E-state index in [0.29, 0.717) is 5.56 Å². The molecule has 2 aromatic rings. The molecule has 2 aromatic carbocycles. The van der Waals surface area contributed by atoms with Gasteiger partial charge in [-0.05, 0) is 36.2 Å². The van der Waals surface area contributed by atoms with Crippen LogP contribution in [0.4, 0.5) is 4.39 Å². The van der Waals surface area contributed by atoms with E-state index in [1.807, 2.05) is 0 Å². The molecule has 0 fully saturated rings. The van der Waals surface area contributed by atoms with Crippen LogP contribution in [0.25, 0.3) is 0 Å². The minimum absolute atomic E-state index is 0.0473. The first-order valence-corrected chi connectivity index (χ1v) is 8.34. The zero-order chi connectivity index (χ0) is 16.9. The zero-order valence-electron chi connectivity index (χ0n) is 12.5. The molecule has 0 saturated carbocycles. The van der Waals surface area contributed by atoms with Crippen LogP contribution < -0.4 is 4.72 Å². The van der Waals surface area contributed by atoms with Crippen molar-refractivity contribution in [3.63, 3.8) is 0 Å². The molecule has 23 heavy (non-hydrogen) atoms. The second-order valence-electron chi connectivity index (χ2n) is 4.76. The molecule has 0 aliphatic carbocycles. The number of halogens is 1. The van der Waals surface area contributed by atoms with E-state index in [1.165, 1.54) is 37.4 Å². The Morgan fingerprint density at radius 3 is 2.61 bits per heavy atom. The van der Waals surface area contributed by atoms with Crippen molar-refractivity contribution >= 4 is 16.0 Å². The summed E-state index contributed by atoms with van der Waals surface area (Å²) in [4.78, 5) is 11.4. The maximum Gasteiger partial charge on any atom is 0.337 e. The minimum Gasteiger partial charge on any atom is -0.465 e. The molecule has 0 amide bonds. The van der Waals surface area contributed by atoms with Crippen LogP contribution >= 0.6 is 0 Å². The number of ether oxygens (including phenoxy) is 1. The molecule has 0 atom stereocenters. The van der Waals surface area contributed by atoms with E-state index >= 15 is 0 Å². The van der Waals surface area contributed by atoms with Crippen molar-refractivity contribution in [3.8, 4) is 0 Å². The molecule has 2 rings (SSSR count). The molecule has 0 aliphatic heterocycles. The van der Waals surface area contributed by atoms with Gasteiger partial charge < -0.3 is 4.74 Å². The fraction of sp³-hybridized carbons (Fsp3) is 0.188. The van der Waals surface area contributed by atoms with E-state index in [2.05, 4.69) is 9.46 Å². The van der Waals surface area contributed by atoms with Gasteiger partial charge in [-0.3, -0.25) is 0 Å². The molecule has 0 radical (unpaired) electrons. The van der Waals surface area contributed by atoms with E-state index in [1.54, 1.807) is 18.2 Å². The van der Waals surface area contributed by atoms with Crippen molar-refractivity contribution in [2.75, 3.05) is 13.7 Å². The van der Waals surface area contributed by atoms with E-state index in [4.69, 9.17) is 0 Å².